The van der Waals surface area contributed by atoms with Crippen molar-refractivity contribution in [2.45, 2.75) is 26.0 Å². The molecule has 1 N–H and O–H groups in total. The predicted octanol–water partition coefficient (Wildman–Crippen LogP) is 2.71. The van der Waals surface area contributed by atoms with Crippen molar-refractivity contribution in [2.75, 3.05) is 13.7 Å². The molecule has 0 saturated carbocycles. The maximum absolute atomic E-state index is 5.56. The highest BCUT2D eigenvalue weighted by atomic mass is 16.5. The molecular weight excluding hydrogens is 250 g/mol. The Kier molecular flexibility index (Phi) is 5.65. The second-order valence-electron chi connectivity index (χ2n) is 4.61. The Morgan fingerprint density at radius 1 is 1.20 bits per heavy atom. The summed E-state index contributed by atoms with van der Waals surface area (Å²) in [5.41, 5.74) is 2.05. The summed E-state index contributed by atoms with van der Waals surface area (Å²) in [6.45, 7) is 3.90. The summed E-state index contributed by atoms with van der Waals surface area (Å²) in [5, 5.41) is 3.34. The lowest BCUT2D eigenvalue weighted by Crippen LogP contribution is -2.16. The highest BCUT2D eigenvalue weighted by molar-refractivity contribution is 5.23. The molecule has 0 aliphatic carbocycles. The van der Waals surface area contributed by atoms with Gasteiger partial charge in [-0.1, -0.05) is 37.3 Å². The number of hydrogen-bond acceptors (Lipinski definition) is 4. The molecule has 0 spiro atoms. The zero-order valence-corrected chi connectivity index (χ0v) is 12.0. The lowest BCUT2D eigenvalue weighted by Gasteiger charge is -2.15. The molecule has 2 rings (SSSR count). The maximum Gasteiger partial charge on any atom is 0.162 e. The third-order valence-electron chi connectivity index (χ3n) is 3.04. The lowest BCUT2D eigenvalue weighted by molar-refractivity contribution is 0.128. The van der Waals surface area contributed by atoms with E-state index in [9.17, 15) is 0 Å². The first-order valence-corrected chi connectivity index (χ1v) is 6.95. The first kappa shape index (κ1) is 14.6. The predicted molar refractivity (Wildman–Crippen MR) is 79.3 cm³/mol. The fourth-order valence-electron chi connectivity index (χ4n) is 2.05. The van der Waals surface area contributed by atoms with Gasteiger partial charge >= 0.3 is 0 Å². The van der Waals surface area contributed by atoms with Gasteiger partial charge in [-0.15, -0.1) is 0 Å². The minimum atomic E-state index is -0.220. The van der Waals surface area contributed by atoms with Gasteiger partial charge in [-0.25, -0.2) is 9.97 Å². The van der Waals surface area contributed by atoms with Crippen LogP contribution in [0, 0.1) is 0 Å². The number of aromatic nitrogens is 2. The topological polar surface area (TPSA) is 47.0 Å². The Hall–Kier alpha value is -1.78. The van der Waals surface area contributed by atoms with Crippen LogP contribution < -0.4 is 5.32 Å². The van der Waals surface area contributed by atoms with Crippen molar-refractivity contribution in [3.63, 3.8) is 0 Å². The fourth-order valence-corrected chi connectivity index (χ4v) is 2.05. The van der Waals surface area contributed by atoms with Crippen LogP contribution in [0.1, 0.15) is 36.5 Å². The molecule has 0 radical (unpaired) electrons. The molecule has 0 aliphatic heterocycles. The molecule has 0 amide bonds. The largest absolute Gasteiger partial charge is 0.369 e. The van der Waals surface area contributed by atoms with Crippen LogP contribution in [0.25, 0.3) is 0 Å². The minimum Gasteiger partial charge on any atom is -0.369 e. The van der Waals surface area contributed by atoms with E-state index in [0.717, 1.165) is 30.8 Å². The molecule has 0 bridgehead atoms. The Balaban J connectivity index is 2.16. The normalized spacial score (nSPS) is 12.3. The number of rotatable bonds is 7. The van der Waals surface area contributed by atoms with E-state index in [-0.39, 0.29) is 6.10 Å². The monoisotopic (exact) mass is 271 g/mol. The summed E-state index contributed by atoms with van der Waals surface area (Å²) in [7, 11) is 1.68. The van der Waals surface area contributed by atoms with Crippen LogP contribution in [0.4, 0.5) is 0 Å². The molecule has 4 nitrogen and oxygen atoms in total. The lowest BCUT2D eigenvalue weighted by atomic mass is 10.1. The van der Waals surface area contributed by atoms with Crippen LogP contribution in [0.3, 0.4) is 0 Å². The molecule has 1 unspecified atom stereocenters. The summed E-state index contributed by atoms with van der Waals surface area (Å²) in [5.74, 6) is 0.703. The average Bonchev–Trinajstić information content (AvgIpc) is 2.50. The van der Waals surface area contributed by atoms with Gasteiger partial charge in [0.25, 0.3) is 0 Å². The first-order chi connectivity index (χ1) is 9.85. The van der Waals surface area contributed by atoms with Gasteiger partial charge in [0.2, 0.25) is 0 Å². The first-order valence-electron chi connectivity index (χ1n) is 6.95. The third kappa shape index (κ3) is 3.85. The van der Waals surface area contributed by atoms with Crippen molar-refractivity contribution in [3.05, 3.63) is 59.7 Å². The van der Waals surface area contributed by atoms with Crippen molar-refractivity contribution in [1.82, 2.24) is 15.3 Å². The molecule has 1 aromatic heterocycles. The van der Waals surface area contributed by atoms with E-state index in [1.165, 1.54) is 0 Å². The van der Waals surface area contributed by atoms with E-state index in [0.29, 0.717) is 5.82 Å². The number of nitrogens with one attached hydrogen (secondary N) is 1. The van der Waals surface area contributed by atoms with Crippen molar-refractivity contribution >= 4 is 0 Å². The molecular formula is C16H21N3O. The van der Waals surface area contributed by atoms with E-state index in [2.05, 4.69) is 22.2 Å². The summed E-state index contributed by atoms with van der Waals surface area (Å²) >= 11 is 0. The Morgan fingerprint density at radius 3 is 2.70 bits per heavy atom. The second kappa shape index (κ2) is 7.72. The molecule has 106 valence electrons. The van der Waals surface area contributed by atoms with Gasteiger partial charge < -0.3 is 10.1 Å². The molecule has 1 atom stereocenters. The Bertz CT molecular complexity index is 516. The second-order valence-corrected chi connectivity index (χ2v) is 4.61. The maximum atomic E-state index is 5.56. The van der Waals surface area contributed by atoms with E-state index >= 15 is 0 Å². The van der Waals surface area contributed by atoms with Crippen molar-refractivity contribution in [3.8, 4) is 0 Å². The molecule has 2 aromatic rings. The van der Waals surface area contributed by atoms with Crippen LogP contribution in [-0.4, -0.2) is 23.6 Å². The summed E-state index contributed by atoms with van der Waals surface area (Å²) in [4.78, 5) is 8.94. The van der Waals surface area contributed by atoms with Crippen molar-refractivity contribution < 1.29 is 4.74 Å². The van der Waals surface area contributed by atoms with Crippen LogP contribution in [0.2, 0.25) is 0 Å². The highest BCUT2D eigenvalue weighted by Crippen LogP contribution is 2.21. The number of nitrogens with zero attached hydrogens (tertiary/aromatic N) is 2. The molecule has 4 heteroatoms. The van der Waals surface area contributed by atoms with Gasteiger partial charge in [-0.2, -0.15) is 0 Å². The van der Waals surface area contributed by atoms with Crippen molar-refractivity contribution in [2.24, 2.45) is 0 Å². The number of methoxy groups -OCH3 is 1. The van der Waals surface area contributed by atoms with Crippen LogP contribution in [0.5, 0.6) is 0 Å². The molecule has 0 fully saturated rings. The summed E-state index contributed by atoms with van der Waals surface area (Å²) in [6, 6.07) is 12.0. The highest BCUT2D eigenvalue weighted by Gasteiger charge is 2.16. The van der Waals surface area contributed by atoms with E-state index in [1.54, 1.807) is 13.3 Å². The van der Waals surface area contributed by atoms with Gasteiger partial charge in [-0.05, 0) is 24.6 Å². The summed E-state index contributed by atoms with van der Waals surface area (Å²) < 4.78 is 5.56. The van der Waals surface area contributed by atoms with Gasteiger partial charge in [0.15, 0.2) is 5.82 Å². The van der Waals surface area contributed by atoms with E-state index < -0.39 is 0 Å². The standard InChI is InChI=1S/C16H21N3O/c1-3-10-17-12-14-9-11-18-16(19-14)15(20-2)13-7-5-4-6-8-13/h4-9,11,15,17H,3,10,12H2,1-2H3. The van der Waals surface area contributed by atoms with E-state index in [1.807, 2.05) is 36.4 Å². The molecule has 0 saturated heterocycles. The minimum absolute atomic E-state index is 0.220. The zero-order valence-electron chi connectivity index (χ0n) is 12.0. The van der Waals surface area contributed by atoms with Crippen LogP contribution in [-0.2, 0) is 11.3 Å². The third-order valence-corrected chi connectivity index (χ3v) is 3.04. The van der Waals surface area contributed by atoms with Gasteiger partial charge in [0, 0.05) is 19.9 Å². The average molecular weight is 271 g/mol. The fraction of sp³-hybridized carbons (Fsp3) is 0.375. The van der Waals surface area contributed by atoms with Gasteiger partial charge in [-0.3, -0.25) is 0 Å². The molecule has 0 aliphatic rings. The number of benzene rings is 1. The number of hydrogen-bond donors (Lipinski definition) is 1. The van der Waals surface area contributed by atoms with Crippen LogP contribution >= 0.6 is 0 Å². The Labute approximate surface area is 120 Å². The van der Waals surface area contributed by atoms with E-state index in [4.69, 9.17) is 4.74 Å². The Morgan fingerprint density at radius 2 is 2.00 bits per heavy atom. The van der Waals surface area contributed by atoms with Crippen LogP contribution in [0.15, 0.2) is 42.6 Å². The number of ether oxygens (including phenoxy) is 1. The SMILES string of the molecule is CCCNCc1ccnc(C(OC)c2ccccc2)n1. The van der Waals surface area contributed by atoms with Gasteiger partial charge in [0.05, 0.1) is 5.69 Å². The zero-order chi connectivity index (χ0) is 14.2. The molecule has 1 heterocycles. The smallest absolute Gasteiger partial charge is 0.162 e. The molecule has 1 aromatic carbocycles. The molecule has 20 heavy (non-hydrogen) atoms. The quantitative estimate of drug-likeness (QED) is 0.787. The van der Waals surface area contributed by atoms with Gasteiger partial charge in [0.1, 0.15) is 6.10 Å². The van der Waals surface area contributed by atoms with Crippen molar-refractivity contribution in [1.29, 1.82) is 0 Å². The summed E-state index contributed by atoms with van der Waals surface area (Å²) in [6.07, 6.45) is 2.69.